The lowest BCUT2D eigenvalue weighted by Gasteiger charge is -2.19. The minimum absolute atomic E-state index is 0.150. The van der Waals surface area contributed by atoms with Crippen molar-refractivity contribution in [3.8, 4) is 17.2 Å². The number of fused-ring (bicyclic) bond motifs is 1. The van der Waals surface area contributed by atoms with Gasteiger partial charge >= 0.3 is 12.1 Å². The average molecular weight is 378 g/mol. The van der Waals surface area contributed by atoms with Crippen LogP contribution in [0.1, 0.15) is 5.56 Å². The van der Waals surface area contributed by atoms with E-state index in [1.54, 1.807) is 0 Å². The van der Waals surface area contributed by atoms with E-state index >= 15 is 0 Å². The first-order chi connectivity index (χ1) is 12.9. The number of methoxy groups -OCH3 is 2. The monoisotopic (exact) mass is 378 g/mol. The molecule has 3 rings (SSSR count). The maximum absolute atomic E-state index is 12.0. The number of phenols is 1. The molecule has 0 spiro atoms. The Morgan fingerprint density at radius 1 is 1.26 bits per heavy atom. The molecule has 0 aliphatic carbocycles. The van der Waals surface area contributed by atoms with E-state index < -0.39 is 30.3 Å². The largest absolute Gasteiger partial charge is 0.502 e. The normalized spacial score (nSPS) is 20.7. The van der Waals surface area contributed by atoms with Crippen molar-refractivity contribution < 1.29 is 29.0 Å². The number of urea groups is 2. The lowest BCUT2D eigenvalue weighted by atomic mass is 10.2. The number of benzene rings is 1. The van der Waals surface area contributed by atoms with E-state index in [1.165, 1.54) is 37.5 Å². The summed E-state index contributed by atoms with van der Waals surface area (Å²) in [4.78, 5) is 36.4. The summed E-state index contributed by atoms with van der Waals surface area (Å²) in [5.74, 6) is -0.332. The number of hydrogen-bond acceptors (Lipinski definition) is 7. The van der Waals surface area contributed by atoms with Gasteiger partial charge in [0.25, 0.3) is 5.91 Å². The summed E-state index contributed by atoms with van der Waals surface area (Å²) in [6.45, 7) is -0.297. The van der Waals surface area contributed by atoms with Crippen molar-refractivity contribution in [2.24, 2.45) is 5.10 Å². The molecule has 12 nitrogen and oxygen atoms in total. The second kappa shape index (κ2) is 7.27. The van der Waals surface area contributed by atoms with Crippen molar-refractivity contribution in [2.45, 2.75) is 12.3 Å². The molecule has 2 unspecified atom stereocenters. The molecule has 144 valence electrons. The number of hydrogen-bond donors (Lipinski definition) is 5. The van der Waals surface area contributed by atoms with Crippen LogP contribution in [0.5, 0.6) is 17.2 Å². The van der Waals surface area contributed by atoms with E-state index in [-0.39, 0.29) is 23.8 Å². The zero-order valence-electron chi connectivity index (χ0n) is 14.5. The molecule has 2 heterocycles. The van der Waals surface area contributed by atoms with Crippen molar-refractivity contribution in [3.63, 3.8) is 0 Å². The number of amides is 5. The van der Waals surface area contributed by atoms with Gasteiger partial charge in [-0.25, -0.2) is 15.0 Å². The highest BCUT2D eigenvalue weighted by Gasteiger charge is 2.45. The van der Waals surface area contributed by atoms with Crippen LogP contribution in [0.2, 0.25) is 0 Å². The Kier molecular flexibility index (Phi) is 4.88. The first kappa shape index (κ1) is 18.1. The minimum Gasteiger partial charge on any atom is -0.502 e. The van der Waals surface area contributed by atoms with Crippen molar-refractivity contribution in [1.29, 1.82) is 0 Å². The van der Waals surface area contributed by atoms with Crippen LogP contribution in [-0.4, -0.2) is 67.3 Å². The van der Waals surface area contributed by atoms with E-state index in [0.29, 0.717) is 5.56 Å². The summed E-state index contributed by atoms with van der Waals surface area (Å²) >= 11 is 0. The highest BCUT2D eigenvalue weighted by molar-refractivity contribution is 5.89. The van der Waals surface area contributed by atoms with Crippen LogP contribution < -0.4 is 30.8 Å². The van der Waals surface area contributed by atoms with Gasteiger partial charge in [-0.1, -0.05) is 0 Å². The molecular formula is C15H18N6O6. The van der Waals surface area contributed by atoms with Crippen LogP contribution in [0.4, 0.5) is 9.59 Å². The van der Waals surface area contributed by atoms with Crippen molar-refractivity contribution in [1.82, 2.24) is 26.3 Å². The molecule has 27 heavy (non-hydrogen) atoms. The summed E-state index contributed by atoms with van der Waals surface area (Å²) in [5.41, 5.74) is 2.80. The van der Waals surface area contributed by atoms with Crippen LogP contribution in [0.3, 0.4) is 0 Å². The minimum atomic E-state index is -0.648. The predicted molar refractivity (Wildman–Crippen MR) is 91.4 cm³/mol. The molecule has 2 saturated heterocycles. The number of aromatic hydroxyl groups is 1. The number of ether oxygens (including phenoxy) is 2. The fraction of sp³-hybridized carbons (Fsp3) is 0.333. The van der Waals surface area contributed by atoms with E-state index in [1.807, 2.05) is 0 Å². The Bertz CT molecular complexity index is 787. The standard InChI is InChI=1S/C15H18N6O6/c1-26-8-3-7(4-9(27-2)11(8)23)5-16-20-10(22)6-21-13-12(18-15(21)25)17-14(24)19-13/h3-5,12-13,23H,6H2,1-2H3,(H,18,25)(H,20,22)(H2,17,19,24). The Morgan fingerprint density at radius 2 is 1.93 bits per heavy atom. The number of phenolic OH excluding ortho intramolecular Hbond substituents is 1. The molecule has 12 heteroatoms. The second-order valence-electron chi connectivity index (χ2n) is 5.68. The molecule has 0 saturated carbocycles. The van der Waals surface area contributed by atoms with Gasteiger partial charge in [-0.05, 0) is 12.1 Å². The van der Waals surface area contributed by atoms with E-state index in [4.69, 9.17) is 9.47 Å². The lowest BCUT2D eigenvalue weighted by molar-refractivity contribution is -0.121. The number of carbonyl (C=O) groups is 3. The summed E-state index contributed by atoms with van der Waals surface area (Å²) in [7, 11) is 2.78. The zero-order chi connectivity index (χ0) is 19.6. The molecule has 2 aliphatic rings. The van der Waals surface area contributed by atoms with Gasteiger partial charge in [0.15, 0.2) is 11.5 Å². The molecule has 2 atom stereocenters. The van der Waals surface area contributed by atoms with E-state index in [2.05, 4.69) is 26.5 Å². The SMILES string of the molecule is COc1cc(C=NNC(=O)CN2C(=O)NC3NC(=O)NC32)cc(OC)c1O. The number of hydrazone groups is 1. The summed E-state index contributed by atoms with van der Waals surface area (Å²) in [6.07, 6.45) is 0.0947. The van der Waals surface area contributed by atoms with Gasteiger partial charge in [-0.3, -0.25) is 9.69 Å². The summed E-state index contributed by atoms with van der Waals surface area (Å²) in [6, 6.07) is 2.10. The highest BCUT2D eigenvalue weighted by Crippen LogP contribution is 2.36. The van der Waals surface area contributed by atoms with E-state index in [0.717, 1.165) is 0 Å². The molecule has 1 aromatic carbocycles. The Morgan fingerprint density at radius 3 is 2.56 bits per heavy atom. The van der Waals surface area contributed by atoms with Gasteiger partial charge in [-0.15, -0.1) is 0 Å². The second-order valence-corrected chi connectivity index (χ2v) is 5.68. The molecule has 0 radical (unpaired) electrons. The van der Waals surface area contributed by atoms with Gasteiger partial charge in [0.05, 0.1) is 20.4 Å². The molecule has 1 aromatic rings. The molecule has 0 bridgehead atoms. The lowest BCUT2D eigenvalue weighted by Crippen LogP contribution is -2.47. The maximum Gasteiger partial charge on any atom is 0.321 e. The average Bonchev–Trinajstić information content (AvgIpc) is 3.12. The predicted octanol–water partition coefficient (Wildman–Crippen LogP) is -1.15. The number of carbonyl (C=O) groups excluding carboxylic acids is 3. The first-order valence-electron chi connectivity index (χ1n) is 7.84. The summed E-state index contributed by atoms with van der Waals surface area (Å²) in [5, 5.41) is 21.3. The van der Waals surface area contributed by atoms with Crippen LogP contribution in [0.25, 0.3) is 0 Å². The van der Waals surface area contributed by atoms with Gasteiger partial charge in [0.2, 0.25) is 5.75 Å². The van der Waals surface area contributed by atoms with Crippen LogP contribution in [-0.2, 0) is 4.79 Å². The van der Waals surface area contributed by atoms with Gasteiger partial charge in [-0.2, -0.15) is 5.10 Å². The maximum atomic E-state index is 12.0. The van der Waals surface area contributed by atoms with Crippen molar-refractivity contribution in [3.05, 3.63) is 17.7 Å². The fourth-order valence-corrected chi connectivity index (χ4v) is 2.72. The summed E-state index contributed by atoms with van der Waals surface area (Å²) < 4.78 is 10.1. The van der Waals surface area contributed by atoms with E-state index in [9.17, 15) is 19.5 Å². The zero-order valence-corrected chi connectivity index (χ0v) is 14.5. The fourth-order valence-electron chi connectivity index (χ4n) is 2.72. The van der Waals surface area contributed by atoms with Crippen LogP contribution in [0.15, 0.2) is 17.2 Å². The van der Waals surface area contributed by atoms with Gasteiger partial charge in [0, 0.05) is 5.56 Å². The molecule has 2 aliphatic heterocycles. The number of nitrogens with zero attached hydrogens (tertiary/aromatic N) is 2. The smallest absolute Gasteiger partial charge is 0.321 e. The van der Waals surface area contributed by atoms with Gasteiger partial charge < -0.3 is 30.5 Å². The molecule has 5 amide bonds. The third kappa shape index (κ3) is 3.63. The van der Waals surface area contributed by atoms with Gasteiger partial charge in [0.1, 0.15) is 18.9 Å². The topological polar surface area (TPSA) is 154 Å². The number of rotatable bonds is 6. The number of nitrogens with one attached hydrogen (secondary N) is 4. The highest BCUT2D eigenvalue weighted by atomic mass is 16.5. The third-order valence-electron chi connectivity index (χ3n) is 3.98. The van der Waals surface area contributed by atoms with Crippen molar-refractivity contribution >= 4 is 24.2 Å². The third-order valence-corrected chi connectivity index (χ3v) is 3.98. The molecule has 0 aromatic heterocycles. The Labute approximate surface area is 153 Å². The first-order valence-corrected chi connectivity index (χ1v) is 7.84. The molecule has 2 fully saturated rings. The molecular weight excluding hydrogens is 360 g/mol. The quantitative estimate of drug-likeness (QED) is 0.311. The Balaban J connectivity index is 1.61. The van der Waals surface area contributed by atoms with Crippen molar-refractivity contribution in [2.75, 3.05) is 20.8 Å². The Hall–Kier alpha value is -3.70. The van der Waals surface area contributed by atoms with Crippen LogP contribution >= 0.6 is 0 Å². The van der Waals surface area contributed by atoms with Crippen LogP contribution in [0, 0.1) is 0 Å². The molecule has 5 N–H and O–H groups in total.